The third-order valence-electron chi connectivity index (χ3n) is 5.01. The van der Waals surface area contributed by atoms with Gasteiger partial charge in [0.05, 0.1) is 0 Å². The molecule has 1 aliphatic carbocycles. The molecule has 146 valence electrons. The Kier molecular flexibility index (Phi) is 4.75. The van der Waals surface area contributed by atoms with Gasteiger partial charge in [0.15, 0.2) is 5.78 Å². The molecule has 2 aromatic heterocycles. The van der Waals surface area contributed by atoms with Crippen molar-refractivity contribution in [1.82, 2.24) is 20.1 Å². The van der Waals surface area contributed by atoms with E-state index in [0.717, 1.165) is 23.7 Å². The van der Waals surface area contributed by atoms with Crippen LogP contribution in [0.1, 0.15) is 67.7 Å². The fourth-order valence-electron chi connectivity index (χ4n) is 3.30. The van der Waals surface area contributed by atoms with Gasteiger partial charge < -0.3 is 14.3 Å². The van der Waals surface area contributed by atoms with E-state index in [4.69, 9.17) is 4.42 Å². The Balaban J connectivity index is 1.51. The highest BCUT2D eigenvalue weighted by atomic mass is 16.4. The first kappa shape index (κ1) is 18.4. The van der Waals surface area contributed by atoms with Gasteiger partial charge in [-0.2, -0.15) is 0 Å². The van der Waals surface area contributed by atoms with E-state index in [9.17, 15) is 9.59 Å². The number of nitrogens with one attached hydrogen (secondary N) is 1. The summed E-state index contributed by atoms with van der Waals surface area (Å²) in [5.74, 6) is 1.21. The summed E-state index contributed by atoms with van der Waals surface area (Å²) in [4.78, 5) is 25.2. The predicted molar refractivity (Wildman–Crippen MR) is 104 cm³/mol. The lowest BCUT2D eigenvalue weighted by atomic mass is 10.1. The number of carbonyl (C=O) groups is 2. The van der Waals surface area contributed by atoms with Crippen molar-refractivity contribution in [2.45, 2.75) is 52.1 Å². The molecule has 0 bridgehead atoms. The molecule has 28 heavy (non-hydrogen) atoms. The van der Waals surface area contributed by atoms with Crippen molar-refractivity contribution in [3.63, 3.8) is 0 Å². The van der Waals surface area contributed by atoms with Gasteiger partial charge in [-0.05, 0) is 25.8 Å². The van der Waals surface area contributed by atoms with Gasteiger partial charge in [-0.25, -0.2) is 0 Å². The summed E-state index contributed by atoms with van der Waals surface area (Å²) in [5.41, 5.74) is 1.59. The number of rotatable bonds is 7. The smallest absolute Gasteiger partial charge is 0.240 e. The average Bonchev–Trinajstić information content (AvgIpc) is 3.28. The second kappa shape index (κ2) is 7.22. The molecule has 4 rings (SSSR count). The van der Waals surface area contributed by atoms with Gasteiger partial charge in [0.2, 0.25) is 17.7 Å². The van der Waals surface area contributed by atoms with Gasteiger partial charge in [0, 0.05) is 34.5 Å². The molecule has 2 heterocycles. The van der Waals surface area contributed by atoms with Gasteiger partial charge in [-0.1, -0.05) is 32.0 Å². The number of aromatic nitrogens is 3. The number of fused-ring (bicyclic) bond motifs is 1. The van der Waals surface area contributed by atoms with E-state index in [1.807, 2.05) is 49.6 Å². The number of hydrogen-bond acceptors (Lipinski definition) is 5. The van der Waals surface area contributed by atoms with Crippen molar-refractivity contribution in [3.05, 3.63) is 47.8 Å². The second-order valence-electron chi connectivity index (χ2n) is 7.75. The topological polar surface area (TPSA) is 90.0 Å². The molecular weight excluding hydrogens is 356 g/mol. The zero-order chi connectivity index (χ0) is 19.8. The Hall–Kier alpha value is -2.96. The molecule has 7 heteroatoms. The van der Waals surface area contributed by atoms with Gasteiger partial charge in [0.1, 0.15) is 12.6 Å². The lowest BCUT2D eigenvalue weighted by Crippen LogP contribution is -2.30. The van der Waals surface area contributed by atoms with Crippen LogP contribution < -0.4 is 5.32 Å². The van der Waals surface area contributed by atoms with Gasteiger partial charge in [-0.15, -0.1) is 10.2 Å². The molecule has 1 atom stereocenters. The first-order chi connectivity index (χ1) is 13.4. The maximum atomic E-state index is 12.6. The average molecular weight is 380 g/mol. The molecule has 0 radical (unpaired) electrons. The van der Waals surface area contributed by atoms with E-state index >= 15 is 0 Å². The van der Waals surface area contributed by atoms with Crippen molar-refractivity contribution in [2.24, 2.45) is 5.92 Å². The Morgan fingerprint density at radius 1 is 1.18 bits per heavy atom. The molecule has 1 aromatic carbocycles. The fraction of sp³-hybridized carbons (Fsp3) is 0.429. The molecule has 1 fully saturated rings. The maximum absolute atomic E-state index is 12.6. The van der Waals surface area contributed by atoms with Crippen LogP contribution in [0.2, 0.25) is 0 Å². The lowest BCUT2D eigenvalue weighted by Gasteiger charge is -2.11. The van der Waals surface area contributed by atoms with Crippen molar-refractivity contribution >= 4 is 22.6 Å². The quantitative estimate of drug-likeness (QED) is 0.632. The Morgan fingerprint density at radius 3 is 2.57 bits per heavy atom. The van der Waals surface area contributed by atoms with E-state index in [0.29, 0.717) is 17.3 Å². The first-order valence-corrected chi connectivity index (χ1v) is 9.68. The number of benzene rings is 1. The van der Waals surface area contributed by atoms with Crippen molar-refractivity contribution in [1.29, 1.82) is 0 Å². The van der Waals surface area contributed by atoms with Crippen LogP contribution >= 0.6 is 0 Å². The highest BCUT2D eigenvalue weighted by molar-refractivity contribution is 6.10. The Bertz CT molecular complexity index is 1030. The monoisotopic (exact) mass is 380 g/mol. The van der Waals surface area contributed by atoms with Crippen LogP contribution in [-0.4, -0.2) is 26.5 Å². The van der Waals surface area contributed by atoms with Crippen molar-refractivity contribution < 1.29 is 14.0 Å². The summed E-state index contributed by atoms with van der Waals surface area (Å²) in [6, 6.07) is 7.31. The molecule has 1 unspecified atom stereocenters. The summed E-state index contributed by atoms with van der Waals surface area (Å²) >= 11 is 0. The van der Waals surface area contributed by atoms with Crippen LogP contribution in [0.5, 0.6) is 0 Å². The fourth-order valence-corrected chi connectivity index (χ4v) is 3.30. The minimum absolute atomic E-state index is 0.119. The number of para-hydroxylation sites is 1. The number of carbonyl (C=O) groups excluding carboxylic acids is 2. The number of Topliss-reactive ketones (excluding diaryl/α,β-unsaturated/α-hetero) is 1. The van der Waals surface area contributed by atoms with E-state index in [1.54, 1.807) is 6.20 Å². The van der Waals surface area contributed by atoms with Crippen LogP contribution in [0, 0.1) is 5.92 Å². The molecule has 0 spiro atoms. The van der Waals surface area contributed by atoms with Crippen LogP contribution in [0.3, 0.4) is 0 Å². The molecule has 3 aromatic rings. The summed E-state index contributed by atoms with van der Waals surface area (Å²) in [7, 11) is 0. The number of hydrogen-bond donors (Lipinski definition) is 1. The SMILES string of the molecule is CC(C)c1nnc(C(C)NC(=O)Cn2cc(C(=O)C3CC3)c3ccccc32)o1. The zero-order valence-electron chi connectivity index (χ0n) is 16.3. The van der Waals surface area contributed by atoms with E-state index in [1.165, 1.54) is 0 Å². The van der Waals surface area contributed by atoms with Crippen LogP contribution in [0.15, 0.2) is 34.9 Å². The molecular formula is C21H24N4O3. The summed E-state index contributed by atoms with van der Waals surface area (Å²) in [5, 5.41) is 11.8. The minimum atomic E-state index is -0.387. The normalized spacial score (nSPS) is 15.1. The third-order valence-corrected chi connectivity index (χ3v) is 5.01. The molecule has 0 aliphatic heterocycles. The maximum Gasteiger partial charge on any atom is 0.240 e. The third kappa shape index (κ3) is 3.56. The molecule has 7 nitrogen and oxygen atoms in total. The van der Waals surface area contributed by atoms with Crippen LogP contribution in [-0.2, 0) is 11.3 Å². The molecule has 0 saturated heterocycles. The Labute approximate surface area is 163 Å². The zero-order valence-corrected chi connectivity index (χ0v) is 16.3. The van der Waals surface area contributed by atoms with E-state index in [2.05, 4.69) is 15.5 Å². The predicted octanol–water partition coefficient (Wildman–Crippen LogP) is 3.62. The molecule has 1 aliphatic rings. The van der Waals surface area contributed by atoms with Gasteiger partial charge >= 0.3 is 0 Å². The number of ketones is 1. The second-order valence-corrected chi connectivity index (χ2v) is 7.75. The molecule has 1 amide bonds. The molecule has 1 N–H and O–H groups in total. The minimum Gasteiger partial charge on any atom is -0.423 e. The summed E-state index contributed by atoms with van der Waals surface area (Å²) in [6.07, 6.45) is 3.72. The Morgan fingerprint density at radius 2 is 1.89 bits per heavy atom. The van der Waals surface area contributed by atoms with Gasteiger partial charge in [0.25, 0.3) is 0 Å². The summed E-state index contributed by atoms with van der Waals surface area (Å²) < 4.78 is 7.44. The molecule has 1 saturated carbocycles. The van der Waals surface area contributed by atoms with Gasteiger partial charge in [-0.3, -0.25) is 9.59 Å². The standard InChI is InChI=1S/C21H24N4O3/c1-12(2)20-23-24-21(28-20)13(3)22-18(26)11-25-10-16(19(27)14-8-9-14)15-6-4-5-7-17(15)25/h4-7,10,12-14H,8-9,11H2,1-3H3,(H,22,26). The highest BCUT2D eigenvalue weighted by Crippen LogP contribution is 2.35. The van der Waals surface area contributed by atoms with Crippen molar-refractivity contribution in [3.8, 4) is 0 Å². The largest absolute Gasteiger partial charge is 0.423 e. The van der Waals surface area contributed by atoms with Crippen LogP contribution in [0.4, 0.5) is 0 Å². The van der Waals surface area contributed by atoms with Crippen molar-refractivity contribution in [2.75, 3.05) is 0 Å². The number of nitrogens with zero attached hydrogens (tertiary/aromatic N) is 3. The summed E-state index contributed by atoms with van der Waals surface area (Å²) in [6.45, 7) is 5.87. The van der Waals surface area contributed by atoms with E-state index in [-0.39, 0.29) is 36.1 Å². The lowest BCUT2D eigenvalue weighted by molar-refractivity contribution is -0.122. The highest BCUT2D eigenvalue weighted by Gasteiger charge is 2.32. The first-order valence-electron chi connectivity index (χ1n) is 9.68. The van der Waals surface area contributed by atoms with Crippen LogP contribution in [0.25, 0.3) is 10.9 Å². The number of amides is 1. The van der Waals surface area contributed by atoms with E-state index < -0.39 is 0 Å².